The summed E-state index contributed by atoms with van der Waals surface area (Å²) in [7, 11) is 3.08. The third kappa shape index (κ3) is 4.66. The highest BCUT2D eigenvalue weighted by atomic mass is 32.2. The quantitative estimate of drug-likeness (QED) is 0.799. The van der Waals surface area contributed by atoms with Gasteiger partial charge in [0.1, 0.15) is 16.7 Å². The van der Waals surface area contributed by atoms with Gasteiger partial charge in [0.25, 0.3) is 5.91 Å². The molecule has 7 nitrogen and oxygen atoms in total. The molecule has 0 aliphatic carbocycles. The minimum Gasteiger partial charge on any atom is -0.497 e. The highest BCUT2D eigenvalue weighted by Crippen LogP contribution is 2.31. The normalized spacial score (nSPS) is 16.4. The molecule has 0 radical (unpaired) electrons. The van der Waals surface area contributed by atoms with Crippen LogP contribution in [-0.4, -0.2) is 54.4 Å². The number of thioether (sulfide) groups is 1. The van der Waals surface area contributed by atoms with Gasteiger partial charge in [-0.25, -0.2) is 0 Å². The minimum atomic E-state index is -0.486. The van der Waals surface area contributed by atoms with Gasteiger partial charge in [0.05, 0.1) is 19.9 Å². The molecule has 8 heteroatoms. The Balaban J connectivity index is 1.99. The number of amides is 2. The predicted octanol–water partition coefficient (Wildman–Crippen LogP) is 2.37. The van der Waals surface area contributed by atoms with Gasteiger partial charge in [0.15, 0.2) is 5.17 Å². The molecule has 0 aromatic heterocycles. The van der Waals surface area contributed by atoms with E-state index in [1.54, 1.807) is 25.3 Å². The van der Waals surface area contributed by atoms with E-state index < -0.39 is 5.25 Å². The van der Waals surface area contributed by atoms with Crippen molar-refractivity contribution in [2.45, 2.75) is 25.5 Å². The van der Waals surface area contributed by atoms with Gasteiger partial charge in [0, 0.05) is 25.6 Å². The summed E-state index contributed by atoms with van der Waals surface area (Å²) in [4.78, 5) is 30.5. The Kier molecular flexibility index (Phi) is 6.69. The molecule has 1 N–H and O–H groups in total. The lowest BCUT2D eigenvalue weighted by Crippen LogP contribution is -2.27. The Morgan fingerprint density at radius 3 is 2.60 bits per heavy atom. The molecule has 2 rings (SSSR count). The average Bonchev–Trinajstić information content (AvgIpc) is 2.96. The molecule has 0 saturated heterocycles. The van der Waals surface area contributed by atoms with Crippen LogP contribution in [0, 0.1) is 0 Å². The van der Waals surface area contributed by atoms with Gasteiger partial charge in [-0.05, 0) is 26.0 Å². The molecule has 1 atom stereocenters. The zero-order valence-corrected chi connectivity index (χ0v) is 15.7. The van der Waals surface area contributed by atoms with Crippen molar-refractivity contribution in [2.75, 3.05) is 32.6 Å². The highest BCUT2D eigenvalue weighted by Gasteiger charge is 2.32. The largest absolute Gasteiger partial charge is 0.497 e. The molecule has 0 saturated carbocycles. The number of hydrogen-bond donors (Lipinski definition) is 1. The molecule has 25 heavy (non-hydrogen) atoms. The summed E-state index contributed by atoms with van der Waals surface area (Å²) in [6, 6.07) is 5.12. The third-order valence-electron chi connectivity index (χ3n) is 3.82. The van der Waals surface area contributed by atoms with E-state index in [9.17, 15) is 9.59 Å². The SMILES string of the molecule is CCN(CC)C1=NC(=O)[C@@H](CC(=O)Nc2ccc(OC)cc2OC)S1. The Morgan fingerprint density at radius 1 is 1.28 bits per heavy atom. The van der Waals surface area contributed by atoms with Gasteiger partial charge in [-0.3, -0.25) is 9.59 Å². The van der Waals surface area contributed by atoms with Crippen molar-refractivity contribution in [3.05, 3.63) is 18.2 Å². The predicted molar refractivity (Wildman–Crippen MR) is 99.5 cm³/mol. The van der Waals surface area contributed by atoms with Gasteiger partial charge < -0.3 is 19.7 Å². The molecule has 2 amide bonds. The lowest BCUT2D eigenvalue weighted by Gasteiger charge is -2.19. The van der Waals surface area contributed by atoms with E-state index in [-0.39, 0.29) is 18.2 Å². The number of hydrogen-bond acceptors (Lipinski definition) is 6. The number of ether oxygens (including phenoxy) is 2. The first kappa shape index (κ1) is 19.1. The highest BCUT2D eigenvalue weighted by molar-refractivity contribution is 8.15. The Labute approximate surface area is 151 Å². The number of nitrogens with zero attached hydrogens (tertiary/aromatic N) is 2. The molecular formula is C17H23N3O4S. The van der Waals surface area contributed by atoms with Crippen LogP contribution < -0.4 is 14.8 Å². The van der Waals surface area contributed by atoms with Gasteiger partial charge in [-0.1, -0.05) is 11.8 Å². The van der Waals surface area contributed by atoms with E-state index in [2.05, 4.69) is 10.3 Å². The monoisotopic (exact) mass is 365 g/mol. The van der Waals surface area contributed by atoms with Crippen LogP contribution in [0.15, 0.2) is 23.2 Å². The fraction of sp³-hybridized carbons (Fsp3) is 0.471. The van der Waals surface area contributed by atoms with Crippen LogP contribution in [-0.2, 0) is 9.59 Å². The summed E-state index contributed by atoms with van der Waals surface area (Å²) in [5, 5.41) is 2.99. The molecule has 0 bridgehead atoms. The van der Waals surface area contributed by atoms with Crippen LogP contribution in [0.25, 0.3) is 0 Å². The van der Waals surface area contributed by atoms with Crippen molar-refractivity contribution in [1.82, 2.24) is 4.90 Å². The number of amidine groups is 1. The summed E-state index contributed by atoms with van der Waals surface area (Å²) >= 11 is 1.35. The molecule has 0 spiro atoms. The number of carbonyl (C=O) groups is 2. The average molecular weight is 365 g/mol. The standard InChI is InChI=1S/C17H23N3O4S/c1-5-20(6-2)17-19-16(22)14(25-17)10-15(21)18-12-8-7-11(23-3)9-13(12)24-4/h7-9,14H,5-6,10H2,1-4H3,(H,18,21)/t14-/m1/s1. The number of carbonyl (C=O) groups excluding carboxylic acids is 2. The topological polar surface area (TPSA) is 80.2 Å². The first-order valence-corrected chi connectivity index (χ1v) is 8.96. The Bertz CT molecular complexity index is 674. The Hall–Kier alpha value is -2.22. The summed E-state index contributed by atoms with van der Waals surface area (Å²) in [5.74, 6) is 0.612. The molecule has 0 unspecified atom stereocenters. The second-order valence-electron chi connectivity index (χ2n) is 5.33. The molecule has 0 fully saturated rings. The summed E-state index contributed by atoms with van der Waals surface area (Å²) < 4.78 is 10.4. The van der Waals surface area contributed by atoms with Gasteiger partial charge in [-0.15, -0.1) is 0 Å². The lowest BCUT2D eigenvalue weighted by molar-refractivity contribution is -0.121. The number of rotatable bonds is 7. The van der Waals surface area contributed by atoms with Crippen LogP contribution in [0.5, 0.6) is 11.5 Å². The number of methoxy groups -OCH3 is 2. The maximum atomic E-state index is 12.3. The fourth-order valence-electron chi connectivity index (χ4n) is 2.41. The van der Waals surface area contributed by atoms with E-state index in [0.717, 1.165) is 13.1 Å². The van der Waals surface area contributed by atoms with Gasteiger partial charge >= 0.3 is 0 Å². The number of nitrogens with one attached hydrogen (secondary N) is 1. The maximum Gasteiger partial charge on any atom is 0.262 e. The van der Waals surface area contributed by atoms with Crippen molar-refractivity contribution in [3.8, 4) is 11.5 Å². The second kappa shape index (κ2) is 8.75. The van der Waals surface area contributed by atoms with E-state index in [0.29, 0.717) is 22.4 Å². The van der Waals surface area contributed by atoms with E-state index in [1.807, 2.05) is 18.7 Å². The zero-order valence-electron chi connectivity index (χ0n) is 14.9. The summed E-state index contributed by atoms with van der Waals surface area (Å²) in [5.41, 5.74) is 0.536. The molecule has 1 aromatic rings. The minimum absolute atomic E-state index is 0.0625. The smallest absolute Gasteiger partial charge is 0.262 e. The number of benzene rings is 1. The van der Waals surface area contributed by atoms with E-state index >= 15 is 0 Å². The zero-order chi connectivity index (χ0) is 18.4. The molecule has 1 aromatic carbocycles. The van der Waals surface area contributed by atoms with Gasteiger partial charge in [0.2, 0.25) is 5.91 Å². The van der Waals surface area contributed by atoms with Crippen molar-refractivity contribution in [1.29, 1.82) is 0 Å². The number of anilines is 1. The van der Waals surface area contributed by atoms with E-state index in [4.69, 9.17) is 9.47 Å². The molecule has 1 aliphatic heterocycles. The van der Waals surface area contributed by atoms with E-state index in [1.165, 1.54) is 18.9 Å². The summed E-state index contributed by atoms with van der Waals surface area (Å²) in [6.07, 6.45) is 0.0625. The van der Waals surface area contributed by atoms with Crippen molar-refractivity contribution >= 4 is 34.4 Å². The van der Waals surface area contributed by atoms with Crippen LogP contribution in [0.2, 0.25) is 0 Å². The van der Waals surface area contributed by atoms with Crippen molar-refractivity contribution in [2.24, 2.45) is 4.99 Å². The fourth-order valence-corrected chi connectivity index (χ4v) is 3.60. The van der Waals surface area contributed by atoms with Crippen LogP contribution in [0.1, 0.15) is 20.3 Å². The molecule has 136 valence electrons. The van der Waals surface area contributed by atoms with Crippen molar-refractivity contribution < 1.29 is 19.1 Å². The molecule has 1 heterocycles. The first-order valence-electron chi connectivity index (χ1n) is 8.08. The molecule has 1 aliphatic rings. The first-order chi connectivity index (χ1) is 12.0. The number of aliphatic imine (C=N–C) groups is 1. The van der Waals surface area contributed by atoms with Crippen LogP contribution in [0.3, 0.4) is 0 Å². The van der Waals surface area contributed by atoms with Crippen LogP contribution >= 0.6 is 11.8 Å². The maximum absolute atomic E-state index is 12.3. The lowest BCUT2D eigenvalue weighted by atomic mass is 10.2. The van der Waals surface area contributed by atoms with Gasteiger partial charge in [-0.2, -0.15) is 4.99 Å². The second-order valence-corrected chi connectivity index (χ2v) is 6.50. The Morgan fingerprint density at radius 2 is 2.00 bits per heavy atom. The van der Waals surface area contributed by atoms with Crippen LogP contribution in [0.4, 0.5) is 5.69 Å². The third-order valence-corrected chi connectivity index (χ3v) is 5.03. The van der Waals surface area contributed by atoms with Crippen molar-refractivity contribution in [3.63, 3.8) is 0 Å². The molecular weight excluding hydrogens is 342 g/mol. The summed E-state index contributed by atoms with van der Waals surface area (Å²) in [6.45, 7) is 5.56.